The number of rotatable bonds is 4. The van der Waals surface area contributed by atoms with Crippen molar-refractivity contribution in [3.8, 4) is 0 Å². The molecular formula is C19H16F3NO4. The fraction of sp³-hybridized carbons (Fsp3) is 0.316. The molecule has 1 aliphatic heterocycles. The van der Waals surface area contributed by atoms with Crippen molar-refractivity contribution in [2.24, 2.45) is 0 Å². The molecule has 1 aromatic carbocycles. The van der Waals surface area contributed by atoms with Crippen LogP contribution in [-0.4, -0.2) is 22.9 Å². The maximum Gasteiger partial charge on any atom is 0.416 e. The molecule has 0 N–H and O–H groups in total. The van der Waals surface area contributed by atoms with Gasteiger partial charge < -0.3 is 9.30 Å². The third-order valence-corrected chi connectivity index (χ3v) is 4.39. The average Bonchev–Trinajstić information content (AvgIpc) is 2.99. The van der Waals surface area contributed by atoms with Crippen molar-refractivity contribution < 1.29 is 27.5 Å². The second-order valence-electron chi connectivity index (χ2n) is 6.11. The SMILES string of the molecule is CCOC(=O)c1cc(Cc2ccccc2C(F)(F)F)c(=O)n2c1C(=O)CC2. The highest BCUT2D eigenvalue weighted by atomic mass is 19.4. The van der Waals surface area contributed by atoms with Crippen LogP contribution in [0.5, 0.6) is 0 Å². The van der Waals surface area contributed by atoms with Gasteiger partial charge in [-0.15, -0.1) is 0 Å². The third-order valence-electron chi connectivity index (χ3n) is 4.39. The van der Waals surface area contributed by atoms with E-state index in [2.05, 4.69) is 0 Å². The van der Waals surface area contributed by atoms with Gasteiger partial charge in [-0.2, -0.15) is 13.2 Å². The number of Topliss-reactive ketones (excluding diaryl/α,β-unsaturated/α-hetero) is 1. The zero-order valence-electron chi connectivity index (χ0n) is 14.4. The van der Waals surface area contributed by atoms with E-state index in [9.17, 15) is 27.6 Å². The summed E-state index contributed by atoms with van der Waals surface area (Å²) in [6, 6.07) is 6.13. The highest BCUT2D eigenvalue weighted by Gasteiger charge is 2.34. The summed E-state index contributed by atoms with van der Waals surface area (Å²) in [7, 11) is 0. The topological polar surface area (TPSA) is 65.4 Å². The maximum atomic E-state index is 13.2. The molecule has 0 saturated carbocycles. The van der Waals surface area contributed by atoms with Crippen LogP contribution in [0.3, 0.4) is 0 Å². The lowest BCUT2D eigenvalue weighted by atomic mass is 9.98. The van der Waals surface area contributed by atoms with Gasteiger partial charge in [0.25, 0.3) is 5.56 Å². The summed E-state index contributed by atoms with van der Waals surface area (Å²) in [6.45, 7) is 1.75. The fourth-order valence-electron chi connectivity index (χ4n) is 3.22. The van der Waals surface area contributed by atoms with Crippen LogP contribution in [0.15, 0.2) is 35.1 Å². The van der Waals surface area contributed by atoms with Gasteiger partial charge in [0.2, 0.25) is 0 Å². The van der Waals surface area contributed by atoms with Crippen molar-refractivity contribution in [3.05, 3.63) is 68.6 Å². The van der Waals surface area contributed by atoms with Gasteiger partial charge >= 0.3 is 12.1 Å². The molecule has 0 atom stereocenters. The van der Waals surface area contributed by atoms with Gasteiger partial charge in [0.1, 0.15) is 5.69 Å². The molecule has 3 rings (SSSR count). The van der Waals surface area contributed by atoms with Crippen molar-refractivity contribution in [1.82, 2.24) is 4.57 Å². The first-order chi connectivity index (χ1) is 12.7. The molecule has 0 aliphatic carbocycles. The summed E-state index contributed by atoms with van der Waals surface area (Å²) in [5.41, 5.74) is -1.61. The van der Waals surface area contributed by atoms with E-state index in [0.29, 0.717) is 0 Å². The molecule has 0 unspecified atom stereocenters. The van der Waals surface area contributed by atoms with Crippen LogP contribution in [0.25, 0.3) is 0 Å². The highest BCUT2D eigenvalue weighted by molar-refractivity contribution is 6.06. The normalized spacial score (nSPS) is 13.6. The lowest BCUT2D eigenvalue weighted by Gasteiger charge is -2.14. The number of esters is 1. The van der Waals surface area contributed by atoms with Crippen LogP contribution in [0.2, 0.25) is 0 Å². The molecule has 0 fully saturated rings. The van der Waals surface area contributed by atoms with Gasteiger partial charge in [-0.1, -0.05) is 18.2 Å². The number of hydrogen-bond acceptors (Lipinski definition) is 4. The average molecular weight is 379 g/mol. The van der Waals surface area contributed by atoms with E-state index >= 15 is 0 Å². The molecule has 0 saturated heterocycles. The second kappa shape index (κ2) is 7.02. The second-order valence-corrected chi connectivity index (χ2v) is 6.11. The summed E-state index contributed by atoms with van der Waals surface area (Å²) in [5, 5.41) is 0. The molecule has 2 heterocycles. The van der Waals surface area contributed by atoms with E-state index in [1.807, 2.05) is 0 Å². The number of alkyl halides is 3. The summed E-state index contributed by atoms with van der Waals surface area (Å²) >= 11 is 0. The first kappa shape index (κ1) is 18.9. The Morgan fingerprint density at radius 1 is 1.19 bits per heavy atom. The zero-order chi connectivity index (χ0) is 19.8. The summed E-state index contributed by atoms with van der Waals surface area (Å²) < 4.78 is 45.8. The minimum absolute atomic E-state index is 0.00760. The summed E-state index contributed by atoms with van der Waals surface area (Å²) in [4.78, 5) is 37.0. The molecule has 1 aromatic heterocycles. The minimum atomic E-state index is -4.57. The van der Waals surface area contributed by atoms with Crippen molar-refractivity contribution in [2.75, 3.05) is 6.61 Å². The van der Waals surface area contributed by atoms with Crippen molar-refractivity contribution >= 4 is 11.8 Å². The van der Waals surface area contributed by atoms with E-state index in [1.54, 1.807) is 6.92 Å². The molecule has 0 bridgehead atoms. The van der Waals surface area contributed by atoms with E-state index in [-0.39, 0.29) is 54.2 Å². The number of ether oxygens (including phenoxy) is 1. The Bertz CT molecular complexity index is 976. The number of aromatic nitrogens is 1. The summed E-state index contributed by atoms with van der Waals surface area (Å²) in [6.07, 6.45) is -4.82. The van der Waals surface area contributed by atoms with Gasteiger partial charge in [-0.25, -0.2) is 4.79 Å². The first-order valence-electron chi connectivity index (χ1n) is 8.36. The largest absolute Gasteiger partial charge is 0.462 e. The number of carbonyl (C=O) groups is 2. The predicted octanol–water partition coefficient (Wildman–Crippen LogP) is 3.22. The standard InChI is InChI=1S/C19H16F3NO4/c1-2-27-18(26)13-10-12(17(25)23-8-7-15(24)16(13)23)9-11-5-3-4-6-14(11)19(20,21)22/h3-6,10H,2,7-9H2,1H3. The molecule has 0 amide bonds. The lowest BCUT2D eigenvalue weighted by molar-refractivity contribution is -0.138. The predicted molar refractivity (Wildman–Crippen MR) is 89.9 cm³/mol. The Morgan fingerprint density at radius 2 is 1.89 bits per heavy atom. The van der Waals surface area contributed by atoms with Gasteiger partial charge in [0.15, 0.2) is 5.78 Å². The fourth-order valence-corrected chi connectivity index (χ4v) is 3.22. The molecule has 1 aliphatic rings. The number of carbonyl (C=O) groups excluding carboxylic acids is 2. The Labute approximate surface area is 152 Å². The number of benzene rings is 1. The highest BCUT2D eigenvalue weighted by Crippen LogP contribution is 2.33. The molecule has 27 heavy (non-hydrogen) atoms. The van der Waals surface area contributed by atoms with Crippen LogP contribution in [0.1, 0.15) is 50.9 Å². The van der Waals surface area contributed by atoms with Crippen LogP contribution >= 0.6 is 0 Å². The third kappa shape index (κ3) is 3.51. The molecular weight excluding hydrogens is 363 g/mol. The maximum absolute atomic E-state index is 13.2. The number of fused-ring (bicyclic) bond motifs is 1. The molecule has 0 spiro atoms. The molecule has 5 nitrogen and oxygen atoms in total. The molecule has 0 radical (unpaired) electrons. The molecule has 8 heteroatoms. The lowest BCUT2D eigenvalue weighted by Crippen LogP contribution is -2.27. The number of pyridine rings is 1. The molecule has 2 aromatic rings. The minimum Gasteiger partial charge on any atom is -0.462 e. The number of ketones is 1. The first-order valence-corrected chi connectivity index (χ1v) is 8.36. The van der Waals surface area contributed by atoms with Gasteiger partial charge in [-0.3, -0.25) is 9.59 Å². The number of nitrogens with zero attached hydrogens (tertiary/aromatic N) is 1. The Kier molecular flexibility index (Phi) is 4.91. The van der Waals surface area contributed by atoms with E-state index < -0.39 is 23.3 Å². The van der Waals surface area contributed by atoms with Crippen LogP contribution in [0, 0.1) is 0 Å². The number of hydrogen-bond donors (Lipinski definition) is 0. The van der Waals surface area contributed by atoms with Crippen molar-refractivity contribution in [1.29, 1.82) is 0 Å². The quantitative estimate of drug-likeness (QED) is 0.765. The Morgan fingerprint density at radius 3 is 2.56 bits per heavy atom. The van der Waals surface area contributed by atoms with Gasteiger partial charge in [0.05, 0.1) is 17.7 Å². The van der Waals surface area contributed by atoms with Crippen LogP contribution in [-0.2, 0) is 23.9 Å². The number of halogens is 3. The van der Waals surface area contributed by atoms with E-state index in [4.69, 9.17) is 4.74 Å². The Hall–Kier alpha value is -2.90. The summed E-state index contributed by atoms with van der Waals surface area (Å²) in [5.74, 6) is -1.14. The molecule has 142 valence electrons. The van der Waals surface area contributed by atoms with Crippen LogP contribution < -0.4 is 5.56 Å². The van der Waals surface area contributed by atoms with E-state index in [0.717, 1.165) is 10.6 Å². The van der Waals surface area contributed by atoms with Gasteiger partial charge in [-0.05, 0) is 24.6 Å². The van der Waals surface area contributed by atoms with Crippen LogP contribution in [0.4, 0.5) is 13.2 Å². The van der Waals surface area contributed by atoms with Crippen molar-refractivity contribution in [2.45, 2.75) is 32.5 Å². The van der Waals surface area contributed by atoms with Crippen molar-refractivity contribution in [3.63, 3.8) is 0 Å². The smallest absolute Gasteiger partial charge is 0.416 e. The zero-order valence-corrected chi connectivity index (χ0v) is 14.4. The van der Waals surface area contributed by atoms with Gasteiger partial charge in [0, 0.05) is 24.9 Å². The monoisotopic (exact) mass is 379 g/mol. The van der Waals surface area contributed by atoms with E-state index in [1.165, 1.54) is 24.3 Å². The Balaban J connectivity index is 2.14.